The van der Waals surface area contributed by atoms with Gasteiger partial charge in [-0.15, -0.1) is 0 Å². The number of Topliss-reactive ketones (excluding diaryl/α,β-unsaturated/α-hetero) is 1. The van der Waals surface area contributed by atoms with Gasteiger partial charge in [-0.25, -0.2) is 9.78 Å². The summed E-state index contributed by atoms with van der Waals surface area (Å²) in [6.07, 6.45) is 0.849. The molecule has 1 atom stereocenters. The van der Waals surface area contributed by atoms with Crippen LogP contribution in [-0.2, 0) is 20.7 Å². The van der Waals surface area contributed by atoms with Crippen LogP contribution < -0.4 is 4.90 Å². The normalized spacial score (nSPS) is 16.9. The maximum atomic E-state index is 13.4. The summed E-state index contributed by atoms with van der Waals surface area (Å²) in [6.45, 7) is 2.05. The molecule has 1 aliphatic heterocycles. The van der Waals surface area contributed by atoms with E-state index in [2.05, 4.69) is 11.9 Å². The molecule has 0 saturated carbocycles. The van der Waals surface area contributed by atoms with E-state index in [1.54, 1.807) is 48.5 Å². The van der Waals surface area contributed by atoms with Crippen LogP contribution in [0.1, 0.15) is 40.0 Å². The maximum absolute atomic E-state index is 13.4. The highest BCUT2D eigenvalue weighted by Gasteiger charge is 2.48. The second-order valence-corrected chi connectivity index (χ2v) is 9.89. The van der Waals surface area contributed by atoms with Crippen LogP contribution in [0.2, 0.25) is 5.02 Å². The quantitative estimate of drug-likeness (QED) is 0.148. The number of ketones is 1. The Labute approximate surface area is 221 Å². The van der Waals surface area contributed by atoms with E-state index in [0.717, 1.165) is 16.7 Å². The molecule has 1 aromatic heterocycles. The van der Waals surface area contributed by atoms with Crippen molar-refractivity contribution in [1.82, 2.24) is 4.98 Å². The third-order valence-corrected chi connectivity index (χ3v) is 7.53. The molecule has 9 heteroatoms. The lowest BCUT2D eigenvalue weighted by atomic mass is 9.95. The van der Waals surface area contributed by atoms with Crippen molar-refractivity contribution in [3.05, 3.63) is 99.6 Å². The average molecular weight is 533 g/mol. The van der Waals surface area contributed by atoms with Gasteiger partial charge < -0.3 is 9.84 Å². The number of aliphatic hydroxyl groups is 1. The molecule has 2 heterocycles. The molecule has 1 fully saturated rings. The number of hydrogen-bond donors (Lipinski definition) is 1. The Morgan fingerprint density at radius 2 is 1.73 bits per heavy atom. The van der Waals surface area contributed by atoms with Gasteiger partial charge in [0.2, 0.25) is 0 Å². The number of nitrogens with zero attached hydrogens (tertiary/aromatic N) is 2. The fourth-order valence-electron chi connectivity index (χ4n) is 4.31. The van der Waals surface area contributed by atoms with Crippen molar-refractivity contribution >= 4 is 61.7 Å². The zero-order valence-corrected chi connectivity index (χ0v) is 21.5. The minimum absolute atomic E-state index is 0.0772. The van der Waals surface area contributed by atoms with Gasteiger partial charge in [0.15, 0.2) is 5.13 Å². The van der Waals surface area contributed by atoms with Crippen LogP contribution in [0.15, 0.2) is 72.3 Å². The number of esters is 1. The molecule has 0 unspecified atom stereocenters. The van der Waals surface area contributed by atoms with Crippen LogP contribution in [0, 0.1) is 0 Å². The minimum atomic E-state index is -0.964. The van der Waals surface area contributed by atoms with Crippen molar-refractivity contribution in [3.8, 4) is 0 Å². The van der Waals surface area contributed by atoms with Crippen molar-refractivity contribution < 1.29 is 24.2 Å². The second kappa shape index (κ2) is 9.80. The van der Waals surface area contributed by atoms with Crippen LogP contribution in [0.5, 0.6) is 0 Å². The van der Waals surface area contributed by atoms with Crippen molar-refractivity contribution in [3.63, 3.8) is 0 Å². The Bertz CT molecular complexity index is 1570. The first-order chi connectivity index (χ1) is 17.8. The van der Waals surface area contributed by atoms with Gasteiger partial charge in [0.05, 0.1) is 34.5 Å². The van der Waals surface area contributed by atoms with E-state index < -0.39 is 23.7 Å². The number of aryl methyl sites for hydroxylation is 1. The monoisotopic (exact) mass is 532 g/mol. The standard InChI is InChI=1S/C28H21ClN2O5S/c1-3-15-4-13-20-21(14-15)37-28(30-20)31-23(16-5-7-18(8-6-16)27(35)36-2)22(25(33)26(31)34)24(32)17-9-11-19(29)12-10-17/h4-14,23,32H,3H2,1-2H3/b24-22+/t23-/m1/s1. The van der Waals surface area contributed by atoms with Crippen LogP contribution in [0.4, 0.5) is 5.13 Å². The first kappa shape index (κ1) is 24.7. The van der Waals surface area contributed by atoms with Crippen molar-refractivity contribution in [1.29, 1.82) is 0 Å². The van der Waals surface area contributed by atoms with Gasteiger partial charge in [-0.05, 0) is 66.1 Å². The first-order valence-electron chi connectivity index (χ1n) is 11.5. The minimum Gasteiger partial charge on any atom is -0.507 e. The lowest BCUT2D eigenvalue weighted by Gasteiger charge is -2.23. The van der Waals surface area contributed by atoms with E-state index in [1.807, 2.05) is 18.2 Å². The Morgan fingerprint density at radius 1 is 1.05 bits per heavy atom. The summed E-state index contributed by atoms with van der Waals surface area (Å²) in [7, 11) is 1.29. The van der Waals surface area contributed by atoms with E-state index in [9.17, 15) is 19.5 Å². The molecule has 1 aliphatic rings. The number of rotatable bonds is 5. The van der Waals surface area contributed by atoms with Crippen LogP contribution in [0.3, 0.4) is 0 Å². The number of ether oxygens (including phenoxy) is 1. The summed E-state index contributed by atoms with van der Waals surface area (Å²) in [4.78, 5) is 44.7. The maximum Gasteiger partial charge on any atom is 0.337 e. The molecular formula is C28H21ClN2O5S. The van der Waals surface area contributed by atoms with Gasteiger partial charge in [0.1, 0.15) is 5.76 Å². The number of anilines is 1. The molecule has 4 aromatic rings. The van der Waals surface area contributed by atoms with Gasteiger partial charge in [0, 0.05) is 10.6 Å². The zero-order valence-electron chi connectivity index (χ0n) is 19.9. The van der Waals surface area contributed by atoms with Gasteiger partial charge in [-0.2, -0.15) is 0 Å². The fourth-order valence-corrected chi connectivity index (χ4v) is 5.49. The molecule has 1 N–H and O–H groups in total. The van der Waals surface area contributed by atoms with Crippen LogP contribution in [0.25, 0.3) is 16.0 Å². The predicted octanol–water partition coefficient (Wildman–Crippen LogP) is 5.93. The molecular weight excluding hydrogens is 512 g/mol. The lowest BCUT2D eigenvalue weighted by molar-refractivity contribution is -0.132. The molecule has 1 saturated heterocycles. The van der Waals surface area contributed by atoms with Gasteiger partial charge in [-0.3, -0.25) is 14.5 Å². The molecule has 0 aliphatic carbocycles. The smallest absolute Gasteiger partial charge is 0.337 e. The summed E-state index contributed by atoms with van der Waals surface area (Å²) in [5.41, 5.74) is 2.94. The van der Waals surface area contributed by atoms with Crippen molar-refractivity contribution in [2.75, 3.05) is 12.0 Å². The lowest BCUT2D eigenvalue weighted by Crippen LogP contribution is -2.29. The van der Waals surface area contributed by atoms with Crippen LogP contribution in [-0.4, -0.2) is 34.9 Å². The first-order valence-corrected chi connectivity index (χ1v) is 12.7. The van der Waals surface area contributed by atoms with Gasteiger partial charge >= 0.3 is 11.9 Å². The number of carbonyl (C=O) groups is 3. The van der Waals surface area contributed by atoms with Crippen molar-refractivity contribution in [2.24, 2.45) is 0 Å². The molecule has 7 nitrogen and oxygen atoms in total. The van der Waals surface area contributed by atoms with E-state index in [4.69, 9.17) is 16.3 Å². The van der Waals surface area contributed by atoms with Gasteiger partial charge in [0.25, 0.3) is 5.78 Å². The molecule has 5 rings (SSSR count). The highest BCUT2D eigenvalue weighted by molar-refractivity contribution is 7.22. The summed E-state index contributed by atoms with van der Waals surface area (Å²) in [5.74, 6) is -2.47. The number of carbonyl (C=O) groups excluding carboxylic acids is 3. The third-order valence-electron chi connectivity index (χ3n) is 6.27. The number of thiazole rings is 1. The number of halogens is 1. The predicted molar refractivity (Wildman–Crippen MR) is 143 cm³/mol. The number of benzene rings is 3. The molecule has 0 spiro atoms. The summed E-state index contributed by atoms with van der Waals surface area (Å²) in [5, 5.41) is 12.0. The number of aromatic nitrogens is 1. The molecule has 0 bridgehead atoms. The zero-order chi connectivity index (χ0) is 26.3. The summed E-state index contributed by atoms with van der Waals surface area (Å²) < 4.78 is 5.66. The van der Waals surface area contributed by atoms with E-state index >= 15 is 0 Å². The Morgan fingerprint density at radius 3 is 2.38 bits per heavy atom. The largest absolute Gasteiger partial charge is 0.507 e. The number of amides is 1. The summed E-state index contributed by atoms with van der Waals surface area (Å²) >= 11 is 7.29. The Balaban J connectivity index is 1.70. The number of fused-ring (bicyclic) bond motifs is 1. The number of hydrogen-bond acceptors (Lipinski definition) is 7. The highest BCUT2D eigenvalue weighted by atomic mass is 35.5. The third kappa shape index (κ3) is 4.39. The molecule has 37 heavy (non-hydrogen) atoms. The number of methoxy groups -OCH3 is 1. The summed E-state index contributed by atoms with van der Waals surface area (Å²) in [6, 6.07) is 17.6. The van der Waals surface area contributed by atoms with E-state index in [0.29, 0.717) is 32.4 Å². The number of aliphatic hydroxyl groups excluding tert-OH is 1. The highest BCUT2D eigenvalue weighted by Crippen LogP contribution is 2.44. The van der Waals surface area contributed by atoms with Gasteiger partial charge in [-0.1, -0.05) is 48.1 Å². The Hall–Kier alpha value is -4.01. The second-order valence-electron chi connectivity index (χ2n) is 8.44. The SMILES string of the molecule is CCc1ccc2nc(N3C(=O)C(=O)/C(=C(/O)c4ccc(Cl)cc4)[C@H]3c3ccc(C(=O)OC)cc3)sc2c1. The van der Waals surface area contributed by atoms with E-state index in [1.165, 1.54) is 23.3 Å². The molecule has 0 radical (unpaired) electrons. The van der Waals surface area contributed by atoms with Crippen molar-refractivity contribution in [2.45, 2.75) is 19.4 Å². The van der Waals surface area contributed by atoms with E-state index in [-0.39, 0.29) is 11.3 Å². The molecule has 3 aromatic carbocycles. The molecule has 1 amide bonds. The topological polar surface area (TPSA) is 96.8 Å². The Kier molecular flexibility index (Phi) is 6.54. The fraction of sp³-hybridized carbons (Fsp3) is 0.143. The average Bonchev–Trinajstić information content (AvgIpc) is 3.45. The molecule has 186 valence electrons. The van der Waals surface area contributed by atoms with Crippen LogP contribution >= 0.6 is 22.9 Å².